The van der Waals surface area contributed by atoms with Gasteiger partial charge < -0.3 is 63.2 Å². The number of hydrogen-bond donors (Lipinski definition) is 3. The molecule has 0 fully saturated rings. The van der Waals surface area contributed by atoms with Crippen LogP contribution >= 0.6 is 0 Å². The molecular weight excluding hydrogens is 1090 g/mol. The van der Waals surface area contributed by atoms with Gasteiger partial charge in [0.05, 0.1) is 151 Å². The number of hydroxylamine groups is 2. The van der Waals surface area contributed by atoms with Gasteiger partial charge in [0.2, 0.25) is 23.3 Å². The first-order valence-corrected chi connectivity index (χ1v) is 27.1. The number of carbonyl (C=O) groups excluding carboxylic acids is 3. The Hall–Kier alpha value is -5.67. The van der Waals surface area contributed by atoms with Crippen LogP contribution < -0.4 is 15.8 Å². The molecule has 3 aromatic rings. The van der Waals surface area contributed by atoms with Crippen molar-refractivity contribution in [2.24, 2.45) is 10.7 Å². The van der Waals surface area contributed by atoms with E-state index in [2.05, 4.69) is 25.0 Å². The predicted molar refractivity (Wildman–Crippen MR) is 276 cm³/mol. The molecule has 2 aromatic carbocycles. The Morgan fingerprint density at radius 1 is 0.662 bits per heavy atom. The van der Waals surface area contributed by atoms with Crippen molar-refractivity contribution in [1.29, 1.82) is 0 Å². The molecule has 1 aliphatic heterocycles. The number of hydrogen-bond acceptors (Lipinski definition) is 21. The first-order chi connectivity index (χ1) is 38.6. The van der Waals surface area contributed by atoms with Crippen molar-refractivity contribution >= 4 is 45.5 Å². The van der Waals surface area contributed by atoms with Crippen molar-refractivity contribution in [2.75, 3.05) is 145 Å². The van der Waals surface area contributed by atoms with E-state index in [1.807, 2.05) is 32.0 Å². The minimum atomic E-state index is -5.65. The van der Waals surface area contributed by atoms with Gasteiger partial charge >= 0.3 is 16.1 Å². The molecule has 1 aliphatic rings. The van der Waals surface area contributed by atoms with Gasteiger partial charge in [0.15, 0.2) is 22.4 Å². The summed E-state index contributed by atoms with van der Waals surface area (Å²) >= 11 is 0. The van der Waals surface area contributed by atoms with Crippen LogP contribution in [-0.4, -0.2) is 197 Å². The average molecular weight is 1160 g/mol. The number of amides is 2. The minimum Gasteiger partial charge on any atom is -0.420 e. The van der Waals surface area contributed by atoms with Crippen LogP contribution in [0.5, 0.6) is 5.75 Å². The summed E-state index contributed by atoms with van der Waals surface area (Å²) in [6.45, 7) is 10.6. The van der Waals surface area contributed by atoms with E-state index >= 15 is 0 Å². The number of aliphatic imine (C=N–C) groups is 1. The third kappa shape index (κ3) is 25.0. The monoisotopic (exact) mass is 1160 g/mol. The normalized spacial score (nSPS) is 12.4. The highest BCUT2D eigenvalue weighted by molar-refractivity contribution is 7.85. The van der Waals surface area contributed by atoms with Crippen LogP contribution in [0.3, 0.4) is 0 Å². The third-order valence-corrected chi connectivity index (χ3v) is 11.5. The molecule has 0 saturated heterocycles. The highest BCUT2D eigenvalue weighted by atomic mass is 32.2. The first-order valence-electron chi connectivity index (χ1n) is 25.7. The highest BCUT2D eigenvalue weighted by Crippen LogP contribution is 2.33. The molecule has 0 unspecified atom stereocenters. The van der Waals surface area contributed by atoms with Gasteiger partial charge in [0.1, 0.15) is 5.84 Å². The SMILES string of the molecule is CCCN(OCC)C(=O)C1=Cc2ccc(-c3ncc(CNC(=O)CCOCCOCCOCCOCCOCCOCCOCCOCCOCCOCCC(=O)Oc4c(F)c(F)c(S(=O)(=O)O)c(F)c4F)cn3)cc2N=C(N)C1. The van der Waals surface area contributed by atoms with Gasteiger partial charge in [-0.05, 0) is 25.5 Å². The van der Waals surface area contributed by atoms with E-state index in [1.54, 1.807) is 18.5 Å². The number of fused-ring (bicyclic) bond motifs is 1. The van der Waals surface area contributed by atoms with Gasteiger partial charge in [-0.1, -0.05) is 19.1 Å². The van der Waals surface area contributed by atoms with Crippen molar-refractivity contribution in [3.8, 4) is 17.1 Å². The van der Waals surface area contributed by atoms with Crippen LogP contribution in [0.2, 0.25) is 0 Å². The number of nitrogens with two attached hydrogens (primary N) is 1. The summed E-state index contributed by atoms with van der Waals surface area (Å²) in [5.41, 5.74) is 9.48. The number of aromatic nitrogens is 2. The number of esters is 1. The summed E-state index contributed by atoms with van der Waals surface area (Å²) in [5.74, 6) is -12.3. The molecule has 0 atom stereocenters. The molecule has 0 spiro atoms. The largest absolute Gasteiger partial charge is 0.420 e. The fourth-order valence-corrected chi connectivity index (χ4v) is 7.40. The number of benzene rings is 2. The zero-order chi connectivity index (χ0) is 58.0. The number of amidine groups is 1. The van der Waals surface area contributed by atoms with E-state index in [4.69, 9.17) is 62.5 Å². The van der Waals surface area contributed by atoms with Crippen molar-refractivity contribution in [3.63, 3.8) is 0 Å². The number of carbonyl (C=O) groups is 3. The maximum absolute atomic E-state index is 14.0. The molecule has 446 valence electrons. The molecule has 80 heavy (non-hydrogen) atoms. The zero-order valence-electron chi connectivity index (χ0n) is 44.7. The van der Waals surface area contributed by atoms with E-state index in [0.29, 0.717) is 129 Å². The minimum absolute atomic E-state index is 0.0157. The van der Waals surface area contributed by atoms with Crippen molar-refractivity contribution in [2.45, 2.75) is 51.0 Å². The van der Waals surface area contributed by atoms with Gasteiger partial charge in [-0.25, -0.2) is 28.8 Å². The van der Waals surface area contributed by atoms with Gasteiger partial charge in [-0.2, -0.15) is 17.2 Å². The first kappa shape index (κ1) is 66.8. The fraction of sp³-hybridized carbons (Fsp3) is 0.569. The van der Waals surface area contributed by atoms with E-state index in [-0.39, 0.29) is 70.8 Å². The van der Waals surface area contributed by atoms with Crippen LogP contribution in [0, 0.1) is 23.3 Å². The average Bonchev–Trinajstić information content (AvgIpc) is 3.72. The van der Waals surface area contributed by atoms with E-state index in [1.165, 1.54) is 5.06 Å². The van der Waals surface area contributed by atoms with Crippen molar-refractivity contribution in [3.05, 3.63) is 70.6 Å². The Kier molecular flexibility index (Phi) is 31.8. The second-order valence-corrected chi connectivity index (χ2v) is 18.1. The Balaban J connectivity index is 0.858. The molecule has 24 nitrogen and oxygen atoms in total. The Morgan fingerprint density at radius 2 is 1.11 bits per heavy atom. The lowest BCUT2D eigenvalue weighted by Crippen LogP contribution is -2.34. The van der Waals surface area contributed by atoms with Gasteiger partial charge in [-0.15, -0.1) is 0 Å². The summed E-state index contributed by atoms with van der Waals surface area (Å²) in [5, 5.41) is 4.21. The molecule has 0 radical (unpaired) electrons. The standard InChI is InChI=1S/C51H70F4N6O18S/c1-3-9-61(78-4-2)51(64)39-30-37-5-6-38(31-40(37)60-41(56)32-39)50-58-34-36(35-59-50)33-57-42(62)7-10-68-12-14-70-16-18-72-20-22-74-24-26-76-28-29-77-27-25-75-23-21-73-19-17-71-15-13-69-11-8-43(63)79-48-44(52)46(54)49(80(65,66)67)47(55)45(48)53/h5-6,30-31,34-35H,3-4,7-29,32-33H2,1-2H3,(H2,56,60)(H,57,62)(H,65,66,67). The number of ether oxygens (including phenoxy) is 11. The molecule has 0 bridgehead atoms. The topological polar surface area (TPSA) is 296 Å². The maximum atomic E-state index is 14.0. The van der Waals surface area contributed by atoms with Gasteiger partial charge in [0, 0.05) is 60.6 Å². The second-order valence-electron chi connectivity index (χ2n) is 16.7. The Bertz CT molecular complexity index is 2520. The summed E-state index contributed by atoms with van der Waals surface area (Å²) in [7, 11) is -5.65. The molecule has 4 N–H and O–H groups in total. The summed E-state index contributed by atoms with van der Waals surface area (Å²) in [6.07, 6.45) is 5.62. The number of halogens is 4. The Labute approximate surface area is 461 Å². The quantitative estimate of drug-likeness (QED) is 0.0137. The maximum Gasteiger partial charge on any atom is 0.313 e. The molecule has 4 rings (SSSR count). The van der Waals surface area contributed by atoms with Gasteiger partial charge in [0.25, 0.3) is 5.91 Å². The highest BCUT2D eigenvalue weighted by Gasteiger charge is 2.34. The Morgan fingerprint density at radius 3 is 1.55 bits per heavy atom. The summed E-state index contributed by atoms with van der Waals surface area (Å²) in [6, 6.07) is 5.53. The van der Waals surface area contributed by atoms with Gasteiger partial charge in [-0.3, -0.25) is 23.8 Å². The van der Waals surface area contributed by atoms with Crippen LogP contribution in [0.4, 0.5) is 23.2 Å². The van der Waals surface area contributed by atoms with E-state index in [9.17, 15) is 40.4 Å². The second kappa shape index (κ2) is 38.1. The van der Waals surface area contributed by atoms with Crippen LogP contribution in [-0.2, 0) is 83.3 Å². The lowest BCUT2D eigenvalue weighted by Gasteiger charge is -2.21. The molecular formula is C51H70F4N6O18S. The molecule has 0 aliphatic carbocycles. The van der Waals surface area contributed by atoms with Crippen LogP contribution in [0.25, 0.3) is 17.5 Å². The molecule has 2 amide bonds. The van der Waals surface area contributed by atoms with Crippen LogP contribution in [0.1, 0.15) is 50.7 Å². The number of nitrogens with one attached hydrogen (secondary N) is 1. The molecule has 1 aromatic heterocycles. The summed E-state index contributed by atoms with van der Waals surface area (Å²) < 4.78 is 145. The lowest BCUT2D eigenvalue weighted by atomic mass is 10.0. The lowest BCUT2D eigenvalue weighted by molar-refractivity contribution is -0.180. The number of nitrogens with zero attached hydrogens (tertiary/aromatic N) is 4. The molecule has 0 saturated carbocycles. The van der Waals surface area contributed by atoms with Crippen LogP contribution in [0.15, 0.2) is 46.1 Å². The fourth-order valence-electron chi connectivity index (χ4n) is 6.77. The van der Waals surface area contributed by atoms with E-state index in [0.717, 1.165) is 23.1 Å². The number of rotatable bonds is 43. The smallest absolute Gasteiger partial charge is 0.313 e. The van der Waals surface area contributed by atoms with Crippen molar-refractivity contribution < 1.29 is 102 Å². The predicted octanol–water partition coefficient (Wildman–Crippen LogP) is 4.08. The third-order valence-electron chi connectivity index (χ3n) is 10.6. The summed E-state index contributed by atoms with van der Waals surface area (Å²) in [4.78, 5) is 54.2. The zero-order valence-corrected chi connectivity index (χ0v) is 45.5. The van der Waals surface area contributed by atoms with E-state index < -0.39 is 56.4 Å². The molecule has 29 heteroatoms. The molecule has 2 heterocycles. The van der Waals surface area contributed by atoms with Crippen molar-refractivity contribution in [1.82, 2.24) is 20.3 Å².